The molecular weight excluding hydrogens is 358 g/mol. The molecule has 1 aliphatic heterocycles. The van der Waals surface area contributed by atoms with Crippen LogP contribution in [0.2, 0.25) is 0 Å². The lowest BCUT2D eigenvalue weighted by molar-refractivity contribution is -0.139. The second kappa shape index (κ2) is 8.83. The molecule has 6 nitrogen and oxygen atoms in total. The number of nitrogens with zero attached hydrogens (tertiary/aromatic N) is 1. The lowest BCUT2D eigenvalue weighted by Gasteiger charge is -2.36. The summed E-state index contributed by atoms with van der Waals surface area (Å²) in [5.74, 6) is -0.550. The van der Waals surface area contributed by atoms with Crippen molar-refractivity contribution >= 4 is 12.0 Å². The summed E-state index contributed by atoms with van der Waals surface area (Å²) in [4.78, 5) is 26.7. The molecule has 1 aromatic carbocycles. The summed E-state index contributed by atoms with van der Waals surface area (Å²) in [5.41, 5.74) is 0.892. The van der Waals surface area contributed by atoms with Crippen LogP contribution in [0.15, 0.2) is 35.5 Å². The van der Waals surface area contributed by atoms with Crippen molar-refractivity contribution in [1.82, 2.24) is 10.2 Å². The highest BCUT2D eigenvalue weighted by Crippen LogP contribution is 2.36. The van der Waals surface area contributed by atoms with Crippen LogP contribution in [0.1, 0.15) is 39.3 Å². The number of hydrogen-bond donors (Lipinski definition) is 1. The van der Waals surface area contributed by atoms with Gasteiger partial charge in [0.25, 0.3) is 0 Å². The number of para-hydroxylation sites is 1. The number of hydrogen-bond acceptors (Lipinski definition) is 4. The molecule has 8 heteroatoms. The fourth-order valence-electron chi connectivity index (χ4n) is 3.00. The zero-order chi connectivity index (χ0) is 20.1. The van der Waals surface area contributed by atoms with E-state index in [1.807, 2.05) is 13.8 Å². The van der Waals surface area contributed by atoms with Gasteiger partial charge in [-0.1, -0.05) is 32.0 Å². The Morgan fingerprint density at radius 2 is 1.96 bits per heavy atom. The molecule has 0 spiro atoms. The smallest absolute Gasteiger partial charge is 0.387 e. The van der Waals surface area contributed by atoms with Gasteiger partial charge in [-0.05, 0) is 25.8 Å². The third-order valence-electron chi connectivity index (χ3n) is 4.09. The Morgan fingerprint density at radius 3 is 2.56 bits per heavy atom. The van der Waals surface area contributed by atoms with Gasteiger partial charge in [-0.25, -0.2) is 9.59 Å². The van der Waals surface area contributed by atoms with Gasteiger partial charge >= 0.3 is 18.6 Å². The Morgan fingerprint density at radius 1 is 1.30 bits per heavy atom. The fraction of sp³-hybridized carbons (Fsp3) is 0.474. The third-order valence-corrected chi connectivity index (χ3v) is 4.09. The molecule has 1 atom stereocenters. The number of nitrogens with one attached hydrogen (secondary N) is 1. The van der Waals surface area contributed by atoms with E-state index in [2.05, 4.69) is 10.1 Å². The number of carbonyl (C=O) groups is 2. The van der Waals surface area contributed by atoms with Crippen LogP contribution >= 0.6 is 0 Å². The molecule has 2 rings (SSSR count). The van der Waals surface area contributed by atoms with Crippen molar-refractivity contribution in [3.05, 3.63) is 41.1 Å². The first-order chi connectivity index (χ1) is 12.8. The fourth-order valence-corrected chi connectivity index (χ4v) is 3.00. The number of allylic oxidation sites excluding steroid dienone is 1. The van der Waals surface area contributed by atoms with Crippen molar-refractivity contribution < 1.29 is 27.8 Å². The van der Waals surface area contributed by atoms with Crippen molar-refractivity contribution in [2.75, 3.05) is 13.2 Å². The number of esters is 1. The Kier molecular flexibility index (Phi) is 6.76. The first-order valence-corrected chi connectivity index (χ1v) is 8.75. The number of carbonyl (C=O) groups excluding carboxylic acids is 2. The molecule has 0 aliphatic carbocycles. The van der Waals surface area contributed by atoms with E-state index in [1.54, 1.807) is 19.9 Å². The Hall–Kier alpha value is -2.64. The van der Waals surface area contributed by atoms with Gasteiger partial charge in [-0.3, -0.25) is 4.90 Å². The minimum Gasteiger partial charge on any atom is -0.463 e. The lowest BCUT2D eigenvalue weighted by atomic mass is 9.94. The maximum absolute atomic E-state index is 12.8. The Labute approximate surface area is 157 Å². The maximum atomic E-state index is 12.8. The van der Waals surface area contributed by atoms with Crippen molar-refractivity contribution in [3.8, 4) is 5.75 Å². The van der Waals surface area contributed by atoms with Crippen LogP contribution in [-0.4, -0.2) is 36.7 Å². The predicted molar refractivity (Wildman–Crippen MR) is 95.2 cm³/mol. The van der Waals surface area contributed by atoms with Crippen LogP contribution in [-0.2, 0) is 9.53 Å². The summed E-state index contributed by atoms with van der Waals surface area (Å²) in [5, 5.41) is 2.72. The molecule has 0 bridgehead atoms. The molecule has 1 N–H and O–H groups in total. The standard InChI is InChI=1S/C19H24F2N2O4/c1-5-26-17(24)15-12(4)23(10-11(2)3)19(25)22-16(15)13-8-6-7-9-14(13)27-18(20)21/h6-9,11,16,18H,5,10H2,1-4H3,(H,22,25). The molecule has 1 heterocycles. The van der Waals surface area contributed by atoms with Gasteiger partial charge in [0.2, 0.25) is 0 Å². The summed E-state index contributed by atoms with van der Waals surface area (Å²) in [6, 6.07) is 4.70. The molecule has 148 valence electrons. The Balaban J connectivity index is 2.56. The molecule has 1 unspecified atom stereocenters. The predicted octanol–water partition coefficient (Wildman–Crippen LogP) is 3.85. The van der Waals surface area contributed by atoms with E-state index in [-0.39, 0.29) is 29.4 Å². The highest BCUT2D eigenvalue weighted by molar-refractivity contribution is 5.95. The molecule has 0 aromatic heterocycles. The average molecular weight is 382 g/mol. The second-order valence-electron chi connectivity index (χ2n) is 6.52. The monoisotopic (exact) mass is 382 g/mol. The van der Waals surface area contributed by atoms with Gasteiger partial charge in [0, 0.05) is 17.8 Å². The molecule has 1 aromatic rings. The van der Waals surface area contributed by atoms with Gasteiger partial charge in [-0.2, -0.15) is 8.78 Å². The van der Waals surface area contributed by atoms with Gasteiger partial charge in [0.1, 0.15) is 5.75 Å². The van der Waals surface area contributed by atoms with Crippen LogP contribution in [0, 0.1) is 5.92 Å². The molecule has 27 heavy (non-hydrogen) atoms. The first-order valence-electron chi connectivity index (χ1n) is 8.75. The molecule has 2 amide bonds. The number of urea groups is 1. The number of ether oxygens (including phenoxy) is 2. The van der Waals surface area contributed by atoms with Gasteiger partial charge in [0.05, 0.1) is 18.2 Å². The average Bonchev–Trinajstić information content (AvgIpc) is 2.58. The van der Waals surface area contributed by atoms with E-state index in [9.17, 15) is 18.4 Å². The van der Waals surface area contributed by atoms with Crippen LogP contribution in [0.3, 0.4) is 0 Å². The van der Waals surface area contributed by atoms with Crippen molar-refractivity contribution in [2.24, 2.45) is 5.92 Å². The van der Waals surface area contributed by atoms with Crippen molar-refractivity contribution in [2.45, 2.75) is 40.3 Å². The molecular formula is C19H24F2N2O4. The topological polar surface area (TPSA) is 67.9 Å². The minimum absolute atomic E-state index is 0.107. The summed E-state index contributed by atoms with van der Waals surface area (Å²) < 4.78 is 35.3. The molecule has 0 fully saturated rings. The van der Waals surface area contributed by atoms with E-state index in [0.717, 1.165) is 0 Å². The van der Waals surface area contributed by atoms with E-state index in [1.165, 1.54) is 23.1 Å². The van der Waals surface area contributed by atoms with E-state index >= 15 is 0 Å². The second-order valence-corrected chi connectivity index (χ2v) is 6.52. The van der Waals surface area contributed by atoms with Gasteiger partial charge < -0.3 is 14.8 Å². The summed E-state index contributed by atoms with van der Waals surface area (Å²) in [6.07, 6.45) is 0. The molecule has 0 saturated carbocycles. The van der Waals surface area contributed by atoms with Crippen LogP contribution in [0.25, 0.3) is 0 Å². The van der Waals surface area contributed by atoms with E-state index in [4.69, 9.17) is 4.74 Å². The number of rotatable bonds is 7. The SMILES string of the molecule is CCOC(=O)C1=C(C)N(CC(C)C)C(=O)NC1c1ccccc1OC(F)F. The number of amides is 2. The highest BCUT2D eigenvalue weighted by Gasteiger charge is 2.38. The number of halogens is 2. The summed E-state index contributed by atoms with van der Waals surface area (Å²) in [7, 11) is 0. The van der Waals surface area contributed by atoms with Crippen LogP contribution in [0.4, 0.5) is 13.6 Å². The Bertz CT molecular complexity index is 734. The van der Waals surface area contributed by atoms with E-state index < -0.39 is 24.7 Å². The quantitative estimate of drug-likeness (QED) is 0.728. The molecule has 0 radical (unpaired) electrons. The normalized spacial score (nSPS) is 17.4. The van der Waals surface area contributed by atoms with Crippen molar-refractivity contribution in [1.29, 1.82) is 0 Å². The van der Waals surface area contributed by atoms with Gasteiger partial charge in [-0.15, -0.1) is 0 Å². The molecule has 0 saturated heterocycles. The maximum Gasteiger partial charge on any atom is 0.387 e. The molecule has 1 aliphatic rings. The summed E-state index contributed by atoms with van der Waals surface area (Å²) >= 11 is 0. The zero-order valence-electron chi connectivity index (χ0n) is 15.8. The van der Waals surface area contributed by atoms with Crippen LogP contribution in [0.5, 0.6) is 5.75 Å². The number of benzene rings is 1. The van der Waals surface area contributed by atoms with E-state index in [0.29, 0.717) is 12.2 Å². The zero-order valence-corrected chi connectivity index (χ0v) is 15.8. The first kappa shape index (κ1) is 20.7. The number of alkyl halides is 2. The van der Waals surface area contributed by atoms with Crippen molar-refractivity contribution in [3.63, 3.8) is 0 Å². The largest absolute Gasteiger partial charge is 0.463 e. The lowest BCUT2D eigenvalue weighted by Crippen LogP contribution is -2.49. The minimum atomic E-state index is -3.03. The third kappa shape index (κ3) is 4.75. The van der Waals surface area contributed by atoms with Gasteiger partial charge in [0.15, 0.2) is 0 Å². The highest BCUT2D eigenvalue weighted by atomic mass is 19.3. The van der Waals surface area contributed by atoms with Crippen LogP contribution < -0.4 is 10.1 Å². The summed E-state index contributed by atoms with van der Waals surface area (Å²) in [6.45, 7) is 4.74.